The van der Waals surface area contributed by atoms with Gasteiger partial charge in [0.2, 0.25) is 0 Å². The van der Waals surface area contributed by atoms with Gasteiger partial charge in [0.15, 0.2) is 0 Å². The van der Waals surface area contributed by atoms with Crippen LogP contribution in [0.25, 0.3) is 0 Å². The van der Waals surface area contributed by atoms with E-state index in [4.69, 9.17) is 14.0 Å². The molecule has 0 atom stereocenters. The van der Waals surface area contributed by atoms with E-state index in [2.05, 4.69) is 39.8 Å². The van der Waals surface area contributed by atoms with E-state index in [0.717, 1.165) is 11.2 Å². The molecule has 0 N–H and O–H groups in total. The van der Waals surface area contributed by atoms with Gasteiger partial charge in [0, 0.05) is 5.46 Å². The van der Waals surface area contributed by atoms with E-state index in [-0.39, 0.29) is 18.3 Å². The van der Waals surface area contributed by atoms with E-state index < -0.39 is 0 Å². The van der Waals surface area contributed by atoms with Crippen LogP contribution < -0.4 is 10.2 Å². The zero-order chi connectivity index (χ0) is 14.5. The second kappa shape index (κ2) is 4.50. The second-order valence-corrected chi connectivity index (χ2v) is 6.83. The van der Waals surface area contributed by atoms with Crippen LogP contribution in [0.15, 0.2) is 18.2 Å². The Hall–Kier alpha value is -0.995. The summed E-state index contributed by atoms with van der Waals surface area (Å²) < 4.78 is 18.0. The third-order valence-corrected chi connectivity index (χ3v) is 4.83. The molecule has 0 spiro atoms. The van der Waals surface area contributed by atoms with E-state index >= 15 is 0 Å². The van der Waals surface area contributed by atoms with Gasteiger partial charge in [-0.1, -0.05) is 12.1 Å². The van der Waals surface area contributed by atoms with Gasteiger partial charge in [-0.25, -0.2) is 0 Å². The smallest absolute Gasteiger partial charge is 0.497 e. The van der Waals surface area contributed by atoms with Crippen molar-refractivity contribution in [3.8, 4) is 5.75 Å². The fourth-order valence-electron chi connectivity index (χ4n) is 2.70. The highest BCUT2D eigenvalue weighted by atomic mass is 16.7. The fraction of sp³-hybridized carbons (Fsp3) is 0.625. The summed E-state index contributed by atoms with van der Waals surface area (Å²) in [5.74, 6) is 1.51. The van der Waals surface area contributed by atoms with Gasteiger partial charge >= 0.3 is 7.12 Å². The van der Waals surface area contributed by atoms with Crippen LogP contribution in [0.2, 0.25) is 0 Å². The van der Waals surface area contributed by atoms with Crippen LogP contribution in [0.4, 0.5) is 0 Å². The highest BCUT2D eigenvalue weighted by Crippen LogP contribution is 2.42. The standard InChI is InChI=1S/C16H23BO3/c1-15(2)16(3,4)20-17(19-15)14-12(11-9-10-11)7-6-8-13(14)18-5/h6-8,11H,9-10H2,1-5H3. The normalized spacial score (nSPS) is 23.9. The molecule has 20 heavy (non-hydrogen) atoms. The Labute approximate surface area is 121 Å². The van der Waals surface area contributed by atoms with Crippen molar-refractivity contribution >= 4 is 12.6 Å². The molecule has 1 aromatic carbocycles. The molecule has 1 aliphatic carbocycles. The van der Waals surface area contributed by atoms with Crippen LogP contribution in [0.5, 0.6) is 5.75 Å². The average Bonchev–Trinajstić information content (AvgIpc) is 3.17. The Morgan fingerprint density at radius 3 is 2.20 bits per heavy atom. The number of hydrogen-bond donors (Lipinski definition) is 0. The lowest BCUT2D eigenvalue weighted by Gasteiger charge is -2.32. The number of benzene rings is 1. The molecule has 0 unspecified atom stereocenters. The van der Waals surface area contributed by atoms with Crippen molar-refractivity contribution in [2.24, 2.45) is 0 Å². The van der Waals surface area contributed by atoms with E-state index in [1.54, 1.807) is 7.11 Å². The summed E-state index contributed by atoms with van der Waals surface area (Å²) in [6, 6.07) is 6.23. The molecular weight excluding hydrogens is 251 g/mol. The van der Waals surface area contributed by atoms with E-state index in [9.17, 15) is 0 Å². The minimum atomic E-state index is -0.341. The van der Waals surface area contributed by atoms with Crippen LogP contribution >= 0.6 is 0 Å². The lowest BCUT2D eigenvalue weighted by molar-refractivity contribution is 0.00578. The van der Waals surface area contributed by atoms with Crippen molar-refractivity contribution in [2.45, 2.75) is 57.7 Å². The maximum Gasteiger partial charge on any atom is 0.498 e. The Morgan fingerprint density at radius 2 is 1.70 bits per heavy atom. The number of hydrogen-bond acceptors (Lipinski definition) is 3. The van der Waals surface area contributed by atoms with Crippen LogP contribution in [-0.4, -0.2) is 25.4 Å². The zero-order valence-corrected chi connectivity index (χ0v) is 13.0. The molecule has 3 nitrogen and oxygen atoms in total. The third kappa shape index (κ3) is 2.15. The molecule has 1 saturated heterocycles. The molecule has 0 bridgehead atoms. The molecule has 108 valence electrons. The molecule has 0 radical (unpaired) electrons. The predicted molar refractivity (Wildman–Crippen MR) is 80.7 cm³/mol. The van der Waals surface area contributed by atoms with Gasteiger partial charge in [0.25, 0.3) is 0 Å². The van der Waals surface area contributed by atoms with Crippen molar-refractivity contribution in [3.05, 3.63) is 23.8 Å². The van der Waals surface area contributed by atoms with Crippen LogP contribution in [0, 0.1) is 0 Å². The Morgan fingerprint density at radius 1 is 1.10 bits per heavy atom. The van der Waals surface area contributed by atoms with Crippen molar-refractivity contribution in [1.82, 2.24) is 0 Å². The van der Waals surface area contributed by atoms with Crippen molar-refractivity contribution in [2.75, 3.05) is 7.11 Å². The summed E-state index contributed by atoms with van der Waals surface area (Å²) in [4.78, 5) is 0. The highest BCUT2D eigenvalue weighted by Gasteiger charge is 2.53. The minimum absolute atomic E-state index is 0.320. The first-order valence-corrected chi connectivity index (χ1v) is 7.38. The first kappa shape index (κ1) is 14.0. The number of rotatable bonds is 3. The molecule has 3 rings (SSSR count). The van der Waals surface area contributed by atoms with Gasteiger partial charge in [0.05, 0.1) is 18.3 Å². The van der Waals surface area contributed by atoms with E-state index in [1.807, 2.05) is 6.07 Å². The second-order valence-electron chi connectivity index (χ2n) is 6.83. The van der Waals surface area contributed by atoms with Gasteiger partial charge < -0.3 is 14.0 Å². The lowest BCUT2D eigenvalue weighted by Crippen LogP contribution is -2.41. The largest absolute Gasteiger partial charge is 0.498 e. The quantitative estimate of drug-likeness (QED) is 0.793. The van der Waals surface area contributed by atoms with Gasteiger partial charge in [-0.05, 0) is 58.1 Å². The van der Waals surface area contributed by atoms with Crippen molar-refractivity contribution in [1.29, 1.82) is 0 Å². The molecule has 2 fully saturated rings. The first-order valence-electron chi connectivity index (χ1n) is 7.38. The molecule has 2 aliphatic rings. The summed E-state index contributed by atoms with van der Waals surface area (Å²) in [5.41, 5.74) is 1.76. The molecule has 1 saturated carbocycles. The lowest BCUT2D eigenvalue weighted by atomic mass is 9.74. The summed E-state index contributed by atoms with van der Waals surface area (Å²) in [5, 5.41) is 0. The van der Waals surface area contributed by atoms with Gasteiger partial charge in [-0.2, -0.15) is 0 Å². The van der Waals surface area contributed by atoms with Crippen molar-refractivity contribution < 1.29 is 14.0 Å². The maximum absolute atomic E-state index is 6.21. The topological polar surface area (TPSA) is 27.7 Å². The summed E-state index contributed by atoms with van der Waals surface area (Å²) in [6.45, 7) is 8.33. The van der Waals surface area contributed by atoms with Crippen molar-refractivity contribution in [3.63, 3.8) is 0 Å². The Bertz CT molecular complexity index is 504. The first-order chi connectivity index (χ1) is 9.36. The minimum Gasteiger partial charge on any atom is -0.497 e. The van der Waals surface area contributed by atoms with Crippen LogP contribution in [0.1, 0.15) is 52.0 Å². The highest BCUT2D eigenvalue weighted by molar-refractivity contribution is 6.63. The number of ether oxygens (including phenoxy) is 1. The summed E-state index contributed by atoms with van der Waals surface area (Å²) in [6.07, 6.45) is 2.50. The number of methoxy groups -OCH3 is 1. The predicted octanol–water partition coefficient (Wildman–Crippen LogP) is 2.87. The summed E-state index contributed by atoms with van der Waals surface area (Å²) >= 11 is 0. The van der Waals surface area contributed by atoms with Crippen LogP contribution in [-0.2, 0) is 9.31 Å². The average molecular weight is 274 g/mol. The Balaban J connectivity index is 2.02. The monoisotopic (exact) mass is 274 g/mol. The molecular formula is C16H23BO3. The molecule has 1 heterocycles. The summed E-state index contributed by atoms with van der Waals surface area (Å²) in [7, 11) is 1.37. The Kier molecular flexibility index (Phi) is 3.14. The molecule has 4 heteroatoms. The molecule has 1 aliphatic heterocycles. The third-order valence-electron chi connectivity index (χ3n) is 4.83. The SMILES string of the molecule is COc1cccc(C2CC2)c1B1OC(C)(C)C(C)(C)O1. The molecule has 1 aromatic rings. The fourth-order valence-corrected chi connectivity index (χ4v) is 2.70. The van der Waals surface area contributed by atoms with Gasteiger partial charge in [-0.15, -0.1) is 0 Å². The van der Waals surface area contributed by atoms with E-state index in [1.165, 1.54) is 18.4 Å². The zero-order valence-electron chi connectivity index (χ0n) is 13.0. The van der Waals surface area contributed by atoms with Crippen LogP contribution in [0.3, 0.4) is 0 Å². The van der Waals surface area contributed by atoms with Gasteiger partial charge in [-0.3, -0.25) is 0 Å². The maximum atomic E-state index is 6.21. The van der Waals surface area contributed by atoms with E-state index in [0.29, 0.717) is 5.92 Å². The van der Waals surface area contributed by atoms with Gasteiger partial charge in [0.1, 0.15) is 5.75 Å². The molecule has 0 amide bonds. The molecule has 0 aromatic heterocycles.